The largest absolute Gasteiger partial charge is 0.338 e. The smallest absolute Gasteiger partial charge is 0.264 e. The second-order valence-corrected chi connectivity index (χ2v) is 8.13. The summed E-state index contributed by atoms with van der Waals surface area (Å²) >= 11 is 5.80. The monoisotopic (exact) mass is 392 g/mol. The number of hydrogen-bond acceptors (Lipinski definition) is 4. The van der Waals surface area contributed by atoms with Crippen LogP contribution in [0, 0.1) is 0 Å². The third-order valence-corrected chi connectivity index (χ3v) is 5.66. The average molecular weight is 393 g/mol. The maximum atomic E-state index is 12.3. The van der Waals surface area contributed by atoms with Gasteiger partial charge in [0.15, 0.2) is 0 Å². The van der Waals surface area contributed by atoms with Gasteiger partial charge in [-0.2, -0.15) is 0 Å². The van der Waals surface area contributed by atoms with Gasteiger partial charge < -0.3 is 4.90 Å². The Kier molecular flexibility index (Phi) is 5.29. The second kappa shape index (κ2) is 7.47. The highest BCUT2D eigenvalue weighted by atomic mass is 35.5. The molecular formula is C18H17ClN2O4S. The molecule has 0 aliphatic carbocycles. The maximum absolute atomic E-state index is 12.3. The van der Waals surface area contributed by atoms with Gasteiger partial charge in [-0.15, -0.1) is 0 Å². The lowest BCUT2D eigenvalue weighted by atomic mass is 10.1. The van der Waals surface area contributed by atoms with E-state index in [4.69, 9.17) is 11.6 Å². The SMILES string of the molecule is O=C(NS(=O)(=O)c1cccc(Cl)c1)c1ccc(CN2CCCC2=O)cc1. The molecule has 0 aromatic heterocycles. The molecule has 1 N–H and O–H groups in total. The summed E-state index contributed by atoms with van der Waals surface area (Å²) < 4.78 is 26.6. The summed E-state index contributed by atoms with van der Waals surface area (Å²) in [5.41, 5.74) is 1.10. The first-order valence-electron chi connectivity index (χ1n) is 8.04. The minimum atomic E-state index is -4.00. The van der Waals surface area contributed by atoms with Gasteiger partial charge in [0.1, 0.15) is 0 Å². The lowest BCUT2D eigenvalue weighted by Crippen LogP contribution is -2.30. The predicted octanol–water partition coefficient (Wildman–Crippen LogP) is 2.58. The Hall–Kier alpha value is -2.38. The molecule has 26 heavy (non-hydrogen) atoms. The molecule has 0 bridgehead atoms. The molecule has 1 fully saturated rings. The zero-order valence-electron chi connectivity index (χ0n) is 13.8. The molecule has 1 saturated heterocycles. The summed E-state index contributed by atoms with van der Waals surface area (Å²) in [7, 11) is -4.00. The number of likely N-dealkylation sites (tertiary alicyclic amines) is 1. The van der Waals surface area contributed by atoms with E-state index in [2.05, 4.69) is 0 Å². The molecule has 2 aromatic carbocycles. The van der Waals surface area contributed by atoms with Crippen molar-refractivity contribution in [2.24, 2.45) is 0 Å². The van der Waals surface area contributed by atoms with Gasteiger partial charge in [0.2, 0.25) is 5.91 Å². The molecule has 0 spiro atoms. The fraction of sp³-hybridized carbons (Fsp3) is 0.222. The third-order valence-electron chi connectivity index (χ3n) is 4.09. The molecule has 0 atom stereocenters. The fourth-order valence-electron chi connectivity index (χ4n) is 2.73. The number of nitrogens with zero attached hydrogens (tertiary/aromatic N) is 1. The number of carbonyl (C=O) groups excluding carboxylic acids is 2. The van der Waals surface area contributed by atoms with Gasteiger partial charge >= 0.3 is 0 Å². The van der Waals surface area contributed by atoms with Crippen LogP contribution in [0.2, 0.25) is 5.02 Å². The minimum absolute atomic E-state index is 0.0810. The summed E-state index contributed by atoms with van der Waals surface area (Å²) in [5, 5.41) is 0.265. The zero-order valence-corrected chi connectivity index (χ0v) is 15.4. The Bertz CT molecular complexity index is 942. The van der Waals surface area contributed by atoms with E-state index in [9.17, 15) is 18.0 Å². The number of sulfonamides is 1. The van der Waals surface area contributed by atoms with E-state index in [0.29, 0.717) is 13.0 Å². The average Bonchev–Trinajstić information content (AvgIpc) is 3.00. The van der Waals surface area contributed by atoms with Crippen molar-refractivity contribution in [3.8, 4) is 0 Å². The van der Waals surface area contributed by atoms with E-state index < -0.39 is 15.9 Å². The van der Waals surface area contributed by atoms with E-state index in [1.807, 2.05) is 4.72 Å². The van der Waals surface area contributed by atoms with Crippen LogP contribution >= 0.6 is 11.6 Å². The Morgan fingerprint density at radius 1 is 1.15 bits per heavy atom. The summed E-state index contributed by atoms with van der Waals surface area (Å²) in [6, 6.07) is 12.2. The van der Waals surface area contributed by atoms with Crippen molar-refractivity contribution < 1.29 is 18.0 Å². The Morgan fingerprint density at radius 2 is 1.88 bits per heavy atom. The Morgan fingerprint density at radius 3 is 2.50 bits per heavy atom. The van der Waals surface area contributed by atoms with Gasteiger partial charge in [0.25, 0.3) is 15.9 Å². The van der Waals surface area contributed by atoms with E-state index in [-0.39, 0.29) is 21.4 Å². The van der Waals surface area contributed by atoms with Gasteiger partial charge in [0.05, 0.1) is 4.90 Å². The van der Waals surface area contributed by atoms with Crippen molar-refractivity contribution >= 4 is 33.4 Å². The second-order valence-electron chi connectivity index (χ2n) is 6.01. The van der Waals surface area contributed by atoms with Crippen LogP contribution in [0.5, 0.6) is 0 Å². The van der Waals surface area contributed by atoms with Crippen LogP contribution in [0.25, 0.3) is 0 Å². The highest BCUT2D eigenvalue weighted by molar-refractivity contribution is 7.90. The Balaban J connectivity index is 1.69. The van der Waals surface area contributed by atoms with Gasteiger partial charge in [-0.1, -0.05) is 29.8 Å². The number of hydrogen-bond donors (Lipinski definition) is 1. The number of benzene rings is 2. The van der Waals surface area contributed by atoms with E-state index in [1.54, 1.807) is 35.2 Å². The molecule has 8 heteroatoms. The molecule has 6 nitrogen and oxygen atoms in total. The maximum Gasteiger partial charge on any atom is 0.264 e. The molecule has 2 amide bonds. The molecule has 136 valence electrons. The van der Waals surface area contributed by atoms with Crippen molar-refractivity contribution in [1.29, 1.82) is 0 Å². The van der Waals surface area contributed by atoms with Gasteiger partial charge in [0, 0.05) is 30.1 Å². The lowest BCUT2D eigenvalue weighted by molar-refractivity contribution is -0.128. The van der Waals surface area contributed by atoms with Crippen molar-refractivity contribution in [3.63, 3.8) is 0 Å². The van der Waals surface area contributed by atoms with Gasteiger partial charge in [-0.3, -0.25) is 9.59 Å². The summed E-state index contributed by atoms with van der Waals surface area (Å²) in [6.45, 7) is 1.22. The highest BCUT2D eigenvalue weighted by Gasteiger charge is 2.21. The molecular weight excluding hydrogens is 376 g/mol. The van der Waals surface area contributed by atoms with Crippen LogP contribution in [0.3, 0.4) is 0 Å². The number of halogens is 1. The molecule has 0 saturated carbocycles. The molecule has 0 radical (unpaired) electrons. The van der Waals surface area contributed by atoms with Crippen molar-refractivity contribution in [1.82, 2.24) is 9.62 Å². The normalized spacial score (nSPS) is 14.5. The van der Waals surface area contributed by atoms with Crippen molar-refractivity contribution in [3.05, 3.63) is 64.7 Å². The number of nitrogens with one attached hydrogen (secondary N) is 1. The lowest BCUT2D eigenvalue weighted by Gasteiger charge is -2.15. The number of rotatable bonds is 5. The van der Waals surface area contributed by atoms with Crippen LogP contribution in [-0.2, 0) is 21.4 Å². The van der Waals surface area contributed by atoms with Crippen molar-refractivity contribution in [2.75, 3.05) is 6.54 Å². The van der Waals surface area contributed by atoms with E-state index in [1.165, 1.54) is 18.2 Å². The van der Waals surface area contributed by atoms with Crippen LogP contribution < -0.4 is 4.72 Å². The number of carbonyl (C=O) groups is 2. The third kappa shape index (κ3) is 4.23. The topological polar surface area (TPSA) is 83.6 Å². The molecule has 2 aromatic rings. The van der Waals surface area contributed by atoms with Crippen LogP contribution in [0.4, 0.5) is 0 Å². The first-order chi connectivity index (χ1) is 12.3. The summed E-state index contributed by atoms with van der Waals surface area (Å²) in [5.74, 6) is -0.604. The fourth-order valence-corrected chi connectivity index (χ4v) is 4.00. The van der Waals surface area contributed by atoms with Gasteiger partial charge in [-0.05, 0) is 42.3 Å². The van der Waals surface area contributed by atoms with Crippen LogP contribution in [-0.4, -0.2) is 31.7 Å². The molecule has 3 rings (SSSR count). The highest BCUT2D eigenvalue weighted by Crippen LogP contribution is 2.17. The van der Waals surface area contributed by atoms with Crippen LogP contribution in [0.1, 0.15) is 28.8 Å². The number of amides is 2. The molecule has 1 heterocycles. The molecule has 1 aliphatic rings. The Labute approximate surface area is 156 Å². The van der Waals surface area contributed by atoms with E-state index >= 15 is 0 Å². The first-order valence-corrected chi connectivity index (χ1v) is 9.91. The van der Waals surface area contributed by atoms with Crippen molar-refractivity contribution in [2.45, 2.75) is 24.3 Å². The molecule has 0 unspecified atom stereocenters. The molecule has 1 aliphatic heterocycles. The zero-order chi connectivity index (χ0) is 18.7. The van der Waals surface area contributed by atoms with Gasteiger partial charge in [-0.25, -0.2) is 13.1 Å². The predicted molar refractivity (Wildman–Crippen MR) is 97.2 cm³/mol. The first kappa shape index (κ1) is 18.4. The van der Waals surface area contributed by atoms with Crippen LogP contribution in [0.15, 0.2) is 53.4 Å². The van der Waals surface area contributed by atoms with E-state index in [0.717, 1.165) is 18.5 Å². The quantitative estimate of drug-likeness (QED) is 0.847. The summed E-state index contributed by atoms with van der Waals surface area (Å²) in [4.78, 5) is 25.6. The minimum Gasteiger partial charge on any atom is -0.338 e. The standard InChI is InChI=1S/C18H17ClN2O4S/c19-15-3-1-4-16(11-15)26(24,25)20-18(23)14-8-6-13(7-9-14)12-21-10-2-5-17(21)22/h1,3-4,6-9,11H,2,5,10,12H2,(H,20,23). The summed E-state index contributed by atoms with van der Waals surface area (Å²) in [6.07, 6.45) is 1.43.